The van der Waals surface area contributed by atoms with Crippen LogP contribution in [0.15, 0.2) is 35.7 Å². The number of fused-ring (bicyclic) bond motifs is 2. The van der Waals surface area contributed by atoms with Crippen LogP contribution in [0.5, 0.6) is 0 Å². The number of likely N-dealkylation sites (tertiary alicyclic amines) is 1. The van der Waals surface area contributed by atoms with Gasteiger partial charge in [0.15, 0.2) is 0 Å². The SMILES string of the molecule is O=C(Cc1ccc(CO)cc1)N1CCC2(CC1)OCCc1ccsc12. The van der Waals surface area contributed by atoms with Crippen LogP contribution in [0.1, 0.15) is 34.4 Å². The predicted molar refractivity (Wildman–Crippen MR) is 97.5 cm³/mol. The summed E-state index contributed by atoms with van der Waals surface area (Å²) in [6.07, 6.45) is 3.20. The summed E-state index contributed by atoms with van der Waals surface area (Å²) < 4.78 is 6.21. The first-order valence-corrected chi connectivity index (χ1v) is 9.75. The number of amides is 1. The molecule has 0 saturated carbocycles. The van der Waals surface area contributed by atoms with Crippen molar-refractivity contribution in [3.63, 3.8) is 0 Å². The van der Waals surface area contributed by atoms with Crippen molar-refractivity contribution in [1.82, 2.24) is 4.90 Å². The number of hydrogen-bond donors (Lipinski definition) is 1. The van der Waals surface area contributed by atoms with Crippen LogP contribution >= 0.6 is 11.3 Å². The molecular weight excluding hydrogens is 334 g/mol. The van der Waals surface area contributed by atoms with E-state index in [4.69, 9.17) is 9.84 Å². The van der Waals surface area contributed by atoms with Gasteiger partial charge in [0.25, 0.3) is 0 Å². The Morgan fingerprint density at radius 2 is 1.88 bits per heavy atom. The van der Waals surface area contributed by atoms with Gasteiger partial charge >= 0.3 is 0 Å². The molecule has 2 aliphatic heterocycles. The van der Waals surface area contributed by atoms with E-state index in [1.807, 2.05) is 29.2 Å². The summed E-state index contributed by atoms with van der Waals surface area (Å²) in [6, 6.07) is 9.83. The van der Waals surface area contributed by atoms with Crippen LogP contribution in [-0.2, 0) is 34.6 Å². The van der Waals surface area contributed by atoms with Gasteiger partial charge in [0.1, 0.15) is 5.60 Å². The van der Waals surface area contributed by atoms with E-state index in [-0.39, 0.29) is 18.1 Å². The van der Waals surface area contributed by atoms with Crippen molar-refractivity contribution in [1.29, 1.82) is 0 Å². The molecule has 0 bridgehead atoms. The molecule has 0 unspecified atom stereocenters. The number of hydrogen-bond acceptors (Lipinski definition) is 4. The van der Waals surface area contributed by atoms with Gasteiger partial charge in [-0.05, 0) is 47.4 Å². The van der Waals surface area contributed by atoms with Crippen LogP contribution < -0.4 is 0 Å². The molecule has 2 aliphatic rings. The number of carbonyl (C=O) groups is 1. The quantitative estimate of drug-likeness (QED) is 0.919. The Balaban J connectivity index is 1.39. The van der Waals surface area contributed by atoms with Crippen molar-refractivity contribution in [2.45, 2.75) is 37.9 Å². The summed E-state index contributed by atoms with van der Waals surface area (Å²) >= 11 is 1.80. The average molecular weight is 357 g/mol. The van der Waals surface area contributed by atoms with Gasteiger partial charge in [-0.25, -0.2) is 0 Å². The van der Waals surface area contributed by atoms with E-state index in [9.17, 15) is 4.79 Å². The molecule has 0 atom stereocenters. The number of benzene rings is 1. The zero-order valence-corrected chi connectivity index (χ0v) is 15.1. The van der Waals surface area contributed by atoms with Gasteiger partial charge in [-0.3, -0.25) is 4.79 Å². The number of rotatable bonds is 3. The third-order valence-electron chi connectivity index (χ3n) is 5.40. The largest absolute Gasteiger partial charge is 0.392 e. The molecule has 1 spiro atoms. The molecule has 5 heteroatoms. The molecule has 25 heavy (non-hydrogen) atoms. The Morgan fingerprint density at radius 1 is 1.16 bits per heavy atom. The van der Waals surface area contributed by atoms with Crippen LogP contribution in [0, 0.1) is 0 Å². The summed E-state index contributed by atoms with van der Waals surface area (Å²) in [7, 11) is 0. The van der Waals surface area contributed by atoms with E-state index < -0.39 is 0 Å². The Morgan fingerprint density at radius 3 is 2.60 bits per heavy atom. The van der Waals surface area contributed by atoms with E-state index in [1.165, 1.54) is 10.4 Å². The molecule has 4 rings (SSSR count). The number of aliphatic hydroxyl groups excluding tert-OH is 1. The van der Waals surface area contributed by atoms with E-state index in [1.54, 1.807) is 11.3 Å². The maximum absolute atomic E-state index is 12.6. The second-order valence-corrected chi connectivity index (χ2v) is 7.82. The minimum absolute atomic E-state index is 0.0349. The van der Waals surface area contributed by atoms with Gasteiger partial charge in [-0.2, -0.15) is 0 Å². The summed E-state index contributed by atoms with van der Waals surface area (Å²) in [4.78, 5) is 16.0. The predicted octanol–water partition coefficient (Wildman–Crippen LogP) is 2.87. The lowest BCUT2D eigenvalue weighted by molar-refractivity contribution is -0.139. The highest BCUT2D eigenvalue weighted by Crippen LogP contribution is 2.44. The fourth-order valence-electron chi connectivity index (χ4n) is 3.89. The average Bonchev–Trinajstić information content (AvgIpc) is 3.13. The molecule has 4 nitrogen and oxygen atoms in total. The molecule has 1 aromatic heterocycles. The number of carbonyl (C=O) groups excluding carboxylic acids is 1. The topological polar surface area (TPSA) is 49.8 Å². The number of aliphatic hydroxyl groups is 1. The maximum Gasteiger partial charge on any atom is 0.226 e. The van der Waals surface area contributed by atoms with Crippen LogP contribution in [0.4, 0.5) is 0 Å². The Labute approximate surface area is 152 Å². The lowest BCUT2D eigenvalue weighted by atomic mass is 9.85. The number of piperidine rings is 1. The van der Waals surface area contributed by atoms with E-state index in [0.29, 0.717) is 6.42 Å². The van der Waals surface area contributed by atoms with Gasteiger partial charge in [-0.15, -0.1) is 11.3 Å². The zero-order valence-electron chi connectivity index (χ0n) is 14.2. The Hall–Kier alpha value is -1.69. The molecule has 1 amide bonds. The summed E-state index contributed by atoms with van der Waals surface area (Å²) in [5.74, 6) is 0.175. The second kappa shape index (κ2) is 6.90. The smallest absolute Gasteiger partial charge is 0.226 e. The molecular formula is C20H23NO3S. The van der Waals surface area contributed by atoms with E-state index >= 15 is 0 Å². The highest BCUT2D eigenvalue weighted by atomic mass is 32.1. The Kier molecular flexibility index (Phi) is 4.63. The van der Waals surface area contributed by atoms with E-state index in [2.05, 4.69) is 11.4 Å². The second-order valence-electron chi connectivity index (χ2n) is 6.90. The number of nitrogens with zero attached hydrogens (tertiary/aromatic N) is 1. The fraction of sp³-hybridized carbons (Fsp3) is 0.450. The van der Waals surface area contributed by atoms with Crippen LogP contribution in [0.2, 0.25) is 0 Å². The van der Waals surface area contributed by atoms with E-state index in [0.717, 1.165) is 50.1 Å². The first-order valence-electron chi connectivity index (χ1n) is 8.87. The Bertz CT molecular complexity index is 745. The standard InChI is InChI=1S/C20H23NO3S/c22-14-16-3-1-15(2-4-16)13-18(23)21-9-7-20(8-10-21)19-17(5-11-24-20)6-12-25-19/h1-4,6,12,22H,5,7-11,13-14H2. The highest BCUT2D eigenvalue weighted by molar-refractivity contribution is 7.10. The van der Waals surface area contributed by atoms with Crippen molar-refractivity contribution >= 4 is 17.2 Å². The first-order chi connectivity index (χ1) is 12.2. The molecule has 0 radical (unpaired) electrons. The normalized spacial score (nSPS) is 19.0. The van der Waals surface area contributed by atoms with Crippen molar-refractivity contribution < 1.29 is 14.6 Å². The lowest BCUT2D eigenvalue weighted by Gasteiger charge is -2.43. The van der Waals surface area contributed by atoms with Crippen molar-refractivity contribution in [2.24, 2.45) is 0 Å². The molecule has 1 N–H and O–H groups in total. The molecule has 1 aromatic carbocycles. The van der Waals surface area contributed by atoms with Gasteiger partial charge in [0.05, 0.1) is 19.6 Å². The minimum atomic E-state index is -0.165. The van der Waals surface area contributed by atoms with Crippen LogP contribution in [-0.4, -0.2) is 35.6 Å². The van der Waals surface area contributed by atoms with Crippen molar-refractivity contribution in [3.8, 4) is 0 Å². The third kappa shape index (κ3) is 3.24. The monoisotopic (exact) mass is 357 g/mol. The van der Waals surface area contributed by atoms with Gasteiger partial charge in [0, 0.05) is 18.0 Å². The minimum Gasteiger partial charge on any atom is -0.392 e. The summed E-state index contributed by atoms with van der Waals surface area (Å²) in [5.41, 5.74) is 3.13. The molecule has 1 fully saturated rings. The van der Waals surface area contributed by atoms with Gasteiger partial charge < -0.3 is 14.7 Å². The summed E-state index contributed by atoms with van der Waals surface area (Å²) in [6.45, 7) is 2.33. The lowest BCUT2D eigenvalue weighted by Crippen LogP contribution is -2.48. The summed E-state index contributed by atoms with van der Waals surface area (Å²) in [5, 5.41) is 11.3. The van der Waals surface area contributed by atoms with Gasteiger partial charge in [0.2, 0.25) is 5.91 Å². The number of ether oxygens (including phenoxy) is 1. The van der Waals surface area contributed by atoms with Crippen LogP contribution in [0.3, 0.4) is 0 Å². The molecule has 1 saturated heterocycles. The molecule has 0 aliphatic carbocycles. The van der Waals surface area contributed by atoms with Gasteiger partial charge in [-0.1, -0.05) is 24.3 Å². The maximum atomic E-state index is 12.6. The van der Waals surface area contributed by atoms with Crippen molar-refractivity contribution in [3.05, 3.63) is 57.3 Å². The molecule has 3 heterocycles. The zero-order chi connectivity index (χ0) is 17.3. The number of thiophene rings is 1. The third-order valence-corrected chi connectivity index (χ3v) is 6.54. The van der Waals surface area contributed by atoms with Crippen molar-refractivity contribution in [2.75, 3.05) is 19.7 Å². The molecule has 2 aromatic rings. The fourth-order valence-corrected chi connectivity index (χ4v) is 5.06. The highest BCUT2D eigenvalue weighted by Gasteiger charge is 2.42. The first kappa shape index (κ1) is 16.8. The van der Waals surface area contributed by atoms with Crippen LogP contribution in [0.25, 0.3) is 0 Å². The molecule has 132 valence electrons.